The molecule has 0 fully saturated rings. The average Bonchev–Trinajstić information content (AvgIpc) is 3.03. The quantitative estimate of drug-likeness (QED) is 0.542. The van der Waals surface area contributed by atoms with E-state index in [1.807, 2.05) is 35.1 Å². The minimum absolute atomic E-state index is 0.241. The Morgan fingerprint density at radius 3 is 2.88 bits per heavy atom. The fourth-order valence-corrected chi connectivity index (χ4v) is 2.88. The van der Waals surface area contributed by atoms with Crippen LogP contribution in [0.1, 0.15) is 28.6 Å². The van der Waals surface area contributed by atoms with Crippen molar-refractivity contribution in [3.63, 3.8) is 0 Å². The number of pyridine rings is 2. The highest BCUT2D eigenvalue weighted by molar-refractivity contribution is 7.98. The minimum atomic E-state index is -0.262. The van der Waals surface area contributed by atoms with Crippen molar-refractivity contribution >= 4 is 23.3 Å². The third-order valence-corrected chi connectivity index (χ3v) is 4.28. The van der Waals surface area contributed by atoms with Crippen LogP contribution in [0.5, 0.6) is 0 Å². The summed E-state index contributed by atoms with van der Waals surface area (Å²) < 4.78 is 2.52. The number of aromatic nitrogens is 4. The van der Waals surface area contributed by atoms with E-state index in [1.165, 1.54) is 24.5 Å². The van der Waals surface area contributed by atoms with Crippen molar-refractivity contribution < 1.29 is 9.52 Å². The maximum Gasteiger partial charge on any atom is 0.252 e. The molecule has 124 valence electrons. The molecule has 7 nitrogen and oxygen atoms in total. The van der Waals surface area contributed by atoms with Crippen molar-refractivity contribution in [1.29, 1.82) is 0 Å². The Balaban J connectivity index is 1.86. The van der Waals surface area contributed by atoms with E-state index in [2.05, 4.69) is 15.5 Å². The van der Waals surface area contributed by atoms with Gasteiger partial charge in [0.05, 0.1) is 11.6 Å². The minimum Gasteiger partial charge on any atom is -0.619 e. The Labute approximate surface area is 143 Å². The van der Waals surface area contributed by atoms with Crippen LogP contribution in [0.15, 0.2) is 48.9 Å². The first-order chi connectivity index (χ1) is 11.7. The predicted octanol–water partition coefficient (Wildman–Crippen LogP) is 1.59. The van der Waals surface area contributed by atoms with Gasteiger partial charge in [-0.25, -0.2) is 0 Å². The summed E-state index contributed by atoms with van der Waals surface area (Å²) in [5.74, 6) is 1.33. The van der Waals surface area contributed by atoms with Crippen molar-refractivity contribution in [2.45, 2.75) is 12.5 Å². The van der Waals surface area contributed by atoms with E-state index in [0.717, 1.165) is 17.8 Å². The molecule has 0 aliphatic rings. The molecule has 3 heterocycles. The number of fused-ring (bicyclic) bond motifs is 1. The van der Waals surface area contributed by atoms with Crippen LogP contribution in [0.25, 0.3) is 5.65 Å². The number of rotatable bonds is 6. The van der Waals surface area contributed by atoms with Gasteiger partial charge >= 0.3 is 0 Å². The first-order valence-electron chi connectivity index (χ1n) is 7.47. The van der Waals surface area contributed by atoms with Crippen molar-refractivity contribution in [3.05, 3.63) is 65.5 Å². The molecule has 3 aromatic rings. The summed E-state index contributed by atoms with van der Waals surface area (Å²) in [5, 5.41) is 22.5. The number of hydrogen-bond acceptors (Lipinski definition) is 5. The number of carbonyl (C=O) groups is 1. The second kappa shape index (κ2) is 7.31. The molecular weight excluding hydrogens is 326 g/mol. The molecule has 0 saturated heterocycles. The molecule has 0 unspecified atom stereocenters. The lowest BCUT2D eigenvalue weighted by molar-refractivity contribution is -0.605. The van der Waals surface area contributed by atoms with Gasteiger partial charge in [-0.05, 0) is 30.6 Å². The van der Waals surface area contributed by atoms with Crippen LogP contribution in [-0.4, -0.2) is 32.5 Å². The molecule has 1 N–H and O–H groups in total. The first-order valence-corrected chi connectivity index (χ1v) is 8.86. The monoisotopic (exact) mass is 343 g/mol. The van der Waals surface area contributed by atoms with E-state index in [4.69, 9.17) is 0 Å². The SMILES string of the molecule is CSCC[C@H](NC(=O)c1cc[n+]([O-])cc1)c1nnc2ccccn12. The van der Waals surface area contributed by atoms with Gasteiger partial charge < -0.3 is 10.5 Å². The Kier molecular flexibility index (Phi) is 4.95. The summed E-state index contributed by atoms with van der Waals surface area (Å²) in [6.07, 6.45) is 7.24. The van der Waals surface area contributed by atoms with Gasteiger partial charge in [-0.3, -0.25) is 9.20 Å². The molecule has 8 heteroatoms. The van der Waals surface area contributed by atoms with Gasteiger partial charge in [0.15, 0.2) is 23.9 Å². The normalized spacial score (nSPS) is 12.2. The zero-order valence-electron chi connectivity index (χ0n) is 13.1. The van der Waals surface area contributed by atoms with Crippen molar-refractivity contribution in [2.24, 2.45) is 0 Å². The van der Waals surface area contributed by atoms with Crippen molar-refractivity contribution in [3.8, 4) is 0 Å². The fraction of sp³-hybridized carbons (Fsp3) is 0.250. The van der Waals surface area contributed by atoms with Gasteiger partial charge in [0.1, 0.15) is 0 Å². The van der Waals surface area contributed by atoms with E-state index in [0.29, 0.717) is 16.1 Å². The van der Waals surface area contributed by atoms with E-state index in [-0.39, 0.29) is 11.9 Å². The lowest BCUT2D eigenvalue weighted by Gasteiger charge is -2.17. The van der Waals surface area contributed by atoms with Gasteiger partial charge in [-0.15, -0.1) is 10.2 Å². The maximum atomic E-state index is 12.5. The van der Waals surface area contributed by atoms with E-state index < -0.39 is 0 Å². The molecule has 1 atom stereocenters. The lowest BCUT2D eigenvalue weighted by Crippen LogP contribution is -2.31. The van der Waals surface area contributed by atoms with Gasteiger partial charge in [0.2, 0.25) is 0 Å². The number of amides is 1. The molecule has 0 aliphatic heterocycles. The largest absolute Gasteiger partial charge is 0.619 e. The number of thioether (sulfide) groups is 1. The number of nitrogens with one attached hydrogen (secondary N) is 1. The molecule has 3 aromatic heterocycles. The zero-order chi connectivity index (χ0) is 16.9. The molecular formula is C16H17N5O2S. The molecule has 0 aliphatic carbocycles. The Bertz CT molecular complexity index is 834. The summed E-state index contributed by atoms with van der Waals surface area (Å²) in [6, 6.07) is 8.39. The average molecular weight is 343 g/mol. The lowest BCUT2D eigenvalue weighted by atomic mass is 10.1. The second-order valence-electron chi connectivity index (χ2n) is 5.24. The summed E-state index contributed by atoms with van der Waals surface area (Å²) >= 11 is 1.70. The van der Waals surface area contributed by atoms with E-state index in [9.17, 15) is 10.0 Å². The van der Waals surface area contributed by atoms with Crippen LogP contribution in [0.4, 0.5) is 0 Å². The van der Waals surface area contributed by atoms with Crippen LogP contribution >= 0.6 is 11.8 Å². The Morgan fingerprint density at radius 2 is 2.12 bits per heavy atom. The van der Waals surface area contributed by atoms with E-state index >= 15 is 0 Å². The third kappa shape index (κ3) is 3.48. The summed E-state index contributed by atoms with van der Waals surface area (Å²) in [5.41, 5.74) is 1.17. The van der Waals surface area contributed by atoms with Crippen molar-refractivity contribution in [2.75, 3.05) is 12.0 Å². The topological polar surface area (TPSA) is 86.2 Å². The molecule has 0 spiro atoms. The van der Waals surface area contributed by atoms with Crippen LogP contribution in [0.3, 0.4) is 0 Å². The highest BCUT2D eigenvalue weighted by atomic mass is 32.2. The number of nitrogens with zero attached hydrogens (tertiary/aromatic N) is 4. The van der Waals surface area contributed by atoms with Gasteiger partial charge in [0, 0.05) is 18.3 Å². The van der Waals surface area contributed by atoms with Crippen LogP contribution in [-0.2, 0) is 0 Å². The molecule has 24 heavy (non-hydrogen) atoms. The van der Waals surface area contributed by atoms with Crippen LogP contribution in [0, 0.1) is 5.21 Å². The smallest absolute Gasteiger partial charge is 0.252 e. The molecule has 0 radical (unpaired) electrons. The van der Waals surface area contributed by atoms with E-state index in [1.54, 1.807) is 11.8 Å². The highest BCUT2D eigenvalue weighted by Crippen LogP contribution is 2.18. The Morgan fingerprint density at radius 1 is 1.33 bits per heavy atom. The molecule has 0 aromatic carbocycles. The molecule has 3 rings (SSSR count). The van der Waals surface area contributed by atoms with Gasteiger partial charge in [0.25, 0.3) is 5.91 Å². The molecule has 0 saturated carbocycles. The summed E-state index contributed by atoms with van der Waals surface area (Å²) in [7, 11) is 0. The van der Waals surface area contributed by atoms with Gasteiger partial charge in [-0.1, -0.05) is 6.07 Å². The Hall–Kier alpha value is -2.61. The highest BCUT2D eigenvalue weighted by Gasteiger charge is 2.21. The third-order valence-electron chi connectivity index (χ3n) is 3.63. The van der Waals surface area contributed by atoms with Gasteiger partial charge in [-0.2, -0.15) is 16.5 Å². The molecule has 1 amide bonds. The second-order valence-corrected chi connectivity index (χ2v) is 6.23. The van der Waals surface area contributed by atoms with Crippen LogP contribution < -0.4 is 10.0 Å². The predicted molar refractivity (Wildman–Crippen MR) is 91.6 cm³/mol. The zero-order valence-corrected chi connectivity index (χ0v) is 13.9. The number of carbonyl (C=O) groups excluding carboxylic acids is 1. The fourth-order valence-electron chi connectivity index (χ4n) is 2.40. The molecule has 0 bridgehead atoms. The van der Waals surface area contributed by atoms with Crippen molar-refractivity contribution in [1.82, 2.24) is 19.9 Å². The summed E-state index contributed by atoms with van der Waals surface area (Å²) in [4.78, 5) is 12.5. The summed E-state index contributed by atoms with van der Waals surface area (Å²) in [6.45, 7) is 0. The van der Waals surface area contributed by atoms with Crippen LogP contribution in [0.2, 0.25) is 0 Å². The standard InChI is InChI=1S/C16H17N5O2S/c1-24-11-7-13(15-19-18-14-4-2-3-8-21(14)15)17-16(22)12-5-9-20(23)10-6-12/h2-6,8-10,13H,7,11H2,1H3,(H,17,22)/t13-/m0/s1. The first kappa shape index (κ1) is 16.3. The number of hydrogen-bond donors (Lipinski definition) is 1. The maximum absolute atomic E-state index is 12.5.